The van der Waals surface area contributed by atoms with Gasteiger partial charge in [-0.05, 0) is 39.4 Å². The zero-order chi connectivity index (χ0) is 13.7. The van der Waals surface area contributed by atoms with Gasteiger partial charge in [-0.1, -0.05) is 0 Å². The third-order valence-electron chi connectivity index (χ3n) is 2.43. The predicted molar refractivity (Wildman–Crippen MR) is 66.6 cm³/mol. The van der Waals surface area contributed by atoms with Crippen LogP contribution >= 0.6 is 0 Å². The number of carbonyl (C=O) groups is 2. The van der Waals surface area contributed by atoms with Crippen molar-refractivity contribution in [3.8, 4) is 0 Å². The van der Waals surface area contributed by atoms with E-state index in [4.69, 9.17) is 14.6 Å². The van der Waals surface area contributed by atoms with Crippen molar-refractivity contribution in [2.75, 3.05) is 0 Å². The Morgan fingerprint density at radius 2 is 1.59 bits per heavy atom. The van der Waals surface area contributed by atoms with Crippen LogP contribution in [0, 0.1) is 0 Å². The molecule has 0 saturated heterocycles. The molecule has 0 saturated carbocycles. The van der Waals surface area contributed by atoms with Gasteiger partial charge in [-0.25, -0.2) is 0 Å². The van der Waals surface area contributed by atoms with E-state index in [9.17, 15) is 9.59 Å². The summed E-state index contributed by atoms with van der Waals surface area (Å²) in [6.45, 7) is 7.62. The molecular weight excluding hydrogens is 240 g/mol. The molecule has 0 spiro atoms. The second kappa shape index (κ2) is 6.16. The largest absolute Gasteiger partial charge is 0.481 e. The van der Waals surface area contributed by atoms with Crippen LogP contribution in [0.15, 0.2) is 0 Å². The SMILES string of the molecule is CC(C)(CCC(=O)O)O[Si](C)(C)CCC(=O)O. The number of carboxylic acids is 2. The lowest BCUT2D eigenvalue weighted by Crippen LogP contribution is -2.41. The summed E-state index contributed by atoms with van der Waals surface area (Å²) in [6, 6.07) is 0.541. The second-order valence-electron chi connectivity index (χ2n) is 5.41. The summed E-state index contributed by atoms with van der Waals surface area (Å²) < 4.78 is 5.94. The van der Waals surface area contributed by atoms with E-state index in [-0.39, 0.29) is 12.8 Å². The molecule has 6 heteroatoms. The maximum absolute atomic E-state index is 10.5. The van der Waals surface area contributed by atoms with E-state index in [2.05, 4.69) is 0 Å². The molecule has 0 fully saturated rings. The number of rotatable bonds is 8. The van der Waals surface area contributed by atoms with Crippen molar-refractivity contribution in [3.63, 3.8) is 0 Å². The van der Waals surface area contributed by atoms with Crippen LogP contribution in [0.4, 0.5) is 0 Å². The van der Waals surface area contributed by atoms with Crippen LogP contribution in [-0.2, 0) is 14.0 Å². The zero-order valence-electron chi connectivity index (χ0n) is 10.9. The predicted octanol–water partition coefficient (Wildman–Crippen LogP) is 2.33. The van der Waals surface area contributed by atoms with Gasteiger partial charge in [0.2, 0.25) is 0 Å². The molecule has 0 aliphatic rings. The zero-order valence-corrected chi connectivity index (χ0v) is 11.9. The first-order valence-corrected chi connectivity index (χ1v) is 8.79. The molecule has 0 heterocycles. The molecule has 0 radical (unpaired) electrons. The minimum absolute atomic E-state index is 0.0659. The second-order valence-corrected chi connectivity index (χ2v) is 9.63. The molecule has 100 valence electrons. The average Bonchev–Trinajstić information content (AvgIpc) is 2.10. The Bertz CT molecular complexity index is 258. The lowest BCUT2D eigenvalue weighted by molar-refractivity contribution is -0.138. The van der Waals surface area contributed by atoms with Crippen molar-refractivity contribution in [1.82, 2.24) is 0 Å². The lowest BCUT2D eigenvalue weighted by Gasteiger charge is -2.34. The van der Waals surface area contributed by atoms with Gasteiger partial charge in [-0.2, -0.15) is 0 Å². The summed E-state index contributed by atoms with van der Waals surface area (Å²) in [5.41, 5.74) is -0.507. The maximum atomic E-state index is 10.5. The Labute approximate surface area is 103 Å². The van der Waals surface area contributed by atoms with Crippen LogP contribution in [-0.4, -0.2) is 36.1 Å². The molecule has 2 N–H and O–H groups in total. The molecule has 0 amide bonds. The van der Waals surface area contributed by atoms with Crippen molar-refractivity contribution in [2.24, 2.45) is 0 Å². The first-order chi connectivity index (χ1) is 7.54. The molecule has 0 rings (SSSR count). The number of aliphatic carboxylic acids is 2. The highest BCUT2D eigenvalue weighted by Gasteiger charge is 2.31. The number of hydrogen-bond acceptors (Lipinski definition) is 3. The maximum Gasteiger partial charge on any atom is 0.303 e. The highest BCUT2D eigenvalue weighted by Crippen LogP contribution is 2.25. The average molecular weight is 262 g/mol. The minimum Gasteiger partial charge on any atom is -0.481 e. The topological polar surface area (TPSA) is 83.8 Å². The molecule has 0 aromatic heterocycles. The fourth-order valence-electron chi connectivity index (χ4n) is 1.67. The summed E-state index contributed by atoms with van der Waals surface area (Å²) >= 11 is 0. The smallest absolute Gasteiger partial charge is 0.303 e. The highest BCUT2D eigenvalue weighted by atomic mass is 28.4. The van der Waals surface area contributed by atoms with Gasteiger partial charge in [0.25, 0.3) is 0 Å². The highest BCUT2D eigenvalue weighted by molar-refractivity contribution is 6.71. The summed E-state index contributed by atoms with van der Waals surface area (Å²) in [6.07, 6.45) is 0.608. The molecule has 0 aliphatic heterocycles. The van der Waals surface area contributed by atoms with Crippen LogP contribution in [0.2, 0.25) is 19.1 Å². The molecule has 0 aliphatic carbocycles. The monoisotopic (exact) mass is 262 g/mol. The fraction of sp³-hybridized carbons (Fsp3) is 0.818. The lowest BCUT2D eigenvalue weighted by atomic mass is 10.0. The van der Waals surface area contributed by atoms with E-state index in [0.717, 1.165) is 0 Å². The van der Waals surface area contributed by atoms with Gasteiger partial charge in [0.1, 0.15) is 0 Å². The summed E-state index contributed by atoms with van der Waals surface area (Å²) in [5, 5.41) is 17.3. The van der Waals surface area contributed by atoms with Crippen molar-refractivity contribution < 1.29 is 24.2 Å². The van der Waals surface area contributed by atoms with Crippen molar-refractivity contribution in [1.29, 1.82) is 0 Å². The Morgan fingerprint density at radius 3 is 2.00 bits per heavy atom. The van der Waals surface area contributed by atoms with E-state index in [0.29, 0.717) is 12.5 Å². The summed E-state index contributed by atoms with van der Waals surface area (Å²) in [4.78, 5) is 21.0. The van der Waals surface area contributed by atoms with Crippen LogP contribution < -0.4 is 0 Å². The van der Waals surface area contributed by atoms with Gasteiger partial charge < -0.3 is 14.6 Å². The van der Waals surface area contributed by atoms with Crippen LogP contribution in [0.5, 0.6) is 0 Å². The number of hydrogen-bond donors (Lipinski definition) is 2. The van der Waals surface area contributed by atoms with Gasteiger partial charge in [0.05, 0.1) is 5.60 Å². The Balaban J connectivity index is 4.26. The quantitative estimate of drug-likeness (QED) is 0.656. The van der Waals surface area contributed by atoms with E-state index >= 15 is 0 Å². The van der Waals surface area contributed by atoms with Crippen molar-refractivity contribution >= 4 is 20.3 Å². The standard InChI is InChI=1S/C11H22O5Si/c1-11(2,7-5-9(12)13)16-17(3,4)8-6-10(14)15/h5-8H2,1-4H3,(H,12,13)(H,14,15). The molecule has 17 heavy (non-hydrogen) atoms. The third kappa shape index (κ3) is 8.88. The van der Waals surface area contributed by atoms with Gasteiger partial charge in [-0.3, -0.25) is 9.59 Å². The van der Waals surface area contributed by atoms with Gasteiger partial charge in [0.15, 0.2) is 8.32 Å². The number of carboxylic acid groups (broad SMARTS) is 2. The molecule has 5 nitrogen and oxygen atoms in total. The van der Waals surface area contributed by atoms with Crippen molar-refractivity contribution in [3.05, 3.63) is 0 Å². The van der Waals surface area contributed by atoms with Crippen LogP contribution in [0.1, 0.15) is 33.1 Å². The molecule has 0 unspecified atom stereocenters. The van der Waals surface area contributed by atoms with Crippen molar-refractivity contribution in [2.45, 2.75) is 57.8 Å². The Hall–Kier alpha value is -0.883. The fourth-order valence-corrected chi connectivity index (χ4v) is 4.18. The minimum atomic E-state index is -2.05. The molecule has 0 aromatic carbocycles. The molecule has 0 aromatic rings. The summed E-state index contributed by atoms with van der Waals surface area (Å²) in [5.74, 6) is -1.66. The van der Waals surface area contributed by atoms with Crippen LogP contribution in [0.3, 0.4) is 0 Å². The summed E-state index contributed by atoms with van der Waals surface area (Å²) in [7, 11) is -2.05. The van der Waals surface area contributed by atoms with Crippen LogP contribution in [0.25, 0.3) is 0 Å². The van der Waals surface area contributed by atoms with E-state index in [1.807, 2.05) is 26.9 Å². The molecular formula is C11H22O5Si. The van der Waals surface area contributed by atoms with E-state index in [1.165, 1.54) is 0 Å². The van der Waals surface area contributed by atoms with E-state index in [1.54, 1.807) is 0 Å². The normalized spacial score (nSPS) is 12.5. The van der Waals surface area contributed by atoms with Gasteiger partial charge >= 0.3 is 11.9 Å². The Morgan fingerprint density at radius 1 is 1.12 bits per heavy atom. The van der Waals surface area contributed by atoms with Gasteiger partial charge in [0, 0.05) is 12.8 Å². The Kier molecular flexibility index (Phi) is 5.84. The first-order valence-electron chi connectivity index (χ1n) is 5.68. The molecule has 0 bridgehead atoms. The van der Waals surface area contributed by atoms with Gasteiger partial charge in [-0.15, -0.1) is 0 Å². The molecule has 0 atom stereocenters. The van der Waals surface area contributed by atoms with E-state index < -0.39 is 25.9 Å². The third-order valence-corrected chi connectivity index (χ3v) is 4.99. The first kappa shape index (κ1) is 16.1.